The number of nitrogens with zero attached hydrogens (tertiary/aromatic N) is 1. The molecule has 0 unspecified atom stereocenters. The Bertz CT molecular complexity index is 459. The fourth-order valence-electron chi connectivity index (χ4n) is 1.62. The third-order valence-electron chi connectivity index (χ3n) is 2.48. The van der Waals surface area contributed by atoms with Gasteiger partial charge in [0.15, 0.2) is 5.78 Å². The van der Waals surface area contributed by atoms with Gasteiger partial charge in [0.25, 0.3) is 5.91 Å². The molecule has 84 valence electrons. The standard InChI is InChI=1S/C11H9Cl2NO2/c12-9-2-1-7(5-10(9)13)11(16)14-4-3-8(15)6-14/h1-2,5H,3-4,6H2. The van der Waals surface area contributed by atoms with E-state index in [2.05, 4.69) is 0 Å². The first-order valence-electron chi connectivity index (χ1n) is 4.84. The number of benzene rings is 1. The van der Waals surface area contributed by atoms with Crippen molar-refractivity contribution in [2.24, 2.45) is 0 Å². The van der Waals surface area contributed by atoms with E-state index in [1.165, 1.54) is 11.0 Å². The topological polar surface area (TPSA) is 37.4 Å². The molecule has 2 rings (SSSR count). The summed E-state index contributed by atoms with van der Waals surface area (Å²) in [5, 5.41) is 0.758. The Morgan fingerprint density at radius 2 is 2.00 bits per heavy atom. The number of amides is 1. The number of Topliss-reactive ketones (excluding diaryl/α,β-unsaturated/α-hetero) is 1. The summed E-state index contributed by atoms with van der Waals surface area (Å²) < 4.78 is 0. The highest BCUT2D eigenvalue weighted by Crippen LogP contribution is 2.23. The Hall–Kier alpha value is -1.06. The van der Waals surface area contributed by atoms with Gasteiger partial charge in [0.05, 0.1) is 16.6 Å². The molecule has 1 heterocycles. The van der Waals surface area contributed by atoms with Crippen LogP contribution in [0.15, 0.2) is 18.2 Å². The van der Waals surface area contributed by atoms with Gasteiger partial charge < -0.3 is 4.90 Å². The number of likely N-dealkylation sites (tertiary alicyclic amines) is 1. The van der Waals surface area contributed by atoms with E-state index < -0.39 is 0 Å². The first-order chi connectivity index (χ1) is 7.58. The summed E-state index contributed by atoms with van der Waals surface area (Å²) in [5.41, 5.74) is 0.462. The molecule has 1 aliphatic rings. The fraction of sp³-hybridized carbons (Fsp3) is 0.273. The van der Waals surface area contributed by atoms with E-state index in [-0.39, 0.29) is 18.2 Å². The van der Waals surface area contributed by atoms with Crippen molar-refractivity contribution in [3.63, 3.8) is 0 Å². The van der Waals surface area contributed by atoms with E-state index in [0.29, 0.717) is 28.6 Å². The summed E-state index contributed by atoms with van der Waals surface area (Å²) in [6.45, 7) is 0.678. The minimum atomic E-state index is -0.176. The highest BCUT2D eigenvalue weighted by Gasteiger charge is 2.24. The second-order valence-corrected chi connectivity index (χ2v) is 4.46. The van der Waals surface area contributed by atoms with Crippen molar-refractivity contribution < 1.29 is 9.59 Å². The molecule has 16 heavy (non-hydrogen) atoms. The molecule has 5 heteroatoms. The van der Waals surface area contributed by atoms with Crippen LogP contribution < -0.4 is 0 Å². The summed E-state index contributed by atoms with van der Waals surface area (Å²) in [6, 6.07) is 4.71. The lowest BCUT2D eigenvalue weighted by Gasteiger charge is -2.14. The number of ketones is 1. The summed E-state index contributed by atoms with van der Waals surface area (Å²) in [7, 11) is 0. The molecule has 1 saturated heterocycles. The van der Waals surface area contributed by atoms with Gasteiger partial charge in [0, 0.05) is 18.5 Å². The Balaban J connectivity index is 2.21. The number of hydrogen-bond acceptors (Lipinski definition) is 2. The molecule has 3 nitrogen and oxygen atoms in total. The van der Waals surface area contributed by atoms with Crippen LogP contribution in [0.25, 0.3) is 0 Å². The van der Waals surface area contributed by atoms with E-state index in [1.54, 1.807) is 12.1 Å². The summed E-state index contributed by atoms with van der Waals surface area (Å²) in [6.07, 6.45) is 0.438. The molecule has 0 N–H and O–H groups in total. The molecule has 1 amide bonds. The van der Waals surface area contributed by atoms with E-state index in [1.807, 2.05) is 0 Å². The lowest BCUT2D eigenvalue weighted by molar-refractivity contribution is -0.116. The quantitative estimate of drug-likeness (QED) is 0.775. The molecule has 0 bridgehead atoms. The highest BCUT2D eigenvalue weighted by molar-refractivity contribution is 6.42. The van der Waals surface area contributed by atoms with Crippen LogP contribution in [0.1, 0.15) is 16.8 Å². The molecule has 1 aliphatic heterocycles. The Morgan fingerprint density at radius 1 is 1.25 bits per heavy atom. The molecular weight excluding hydrogens is 249 g/mol. The molecule has 0 saturated carbocycles. The van der Waals surface area contributed by atoms with E-state index in [4.69, 9.17) is 23.2 Å². The SMILES string of the molecule is O=C1CCN(C(=O)c2ccc(Cl)c(Cl)c2)C1. The van der Waals surface area contributed by atoms with Crippen LogP contribution in [0.3, 0.4) is 0 Å². The number of carbonyl (C=O) groups excluding carboxylic acids is 2. The fourth-order valence-corrected chi connectivity index (χ4v) is 1.91. The molecular formula is C11H9Cl2NO2. The maximum Gasteiger partial charge on any atom is 0.254 e. The van der Waals surface area contributed by atoms with Crippen molar-refractivity contribution in [2.75, 3.05) is 13.1 Å². The molecule has 1 aromatic rings. The predicted octanol–water partition coefficient (Wildman–Crippen LogP) is 2.41. The van der Waals surface area contributed by atoms with E-state index >= 15 is 0 Å². The summed E-state index contributed by atoms with van der Waals surface area (Å²) in [4.78, 5) is 24.5. The van der Waals surface area contributed by atoms with Crippen molar-refractivity contribution in [3.05, 3.63) is 33.8 Å². The van der Waals surface area contributed by atoms with Crippen LogP contribution in [0.2, 0.25) is 10.0 Å². The van der Waals surface area contributed by atoms with Crippen LogP contribution in [-0.4, -0.2) is 29.7 Å². The highest BCUT2D eigenvalue weighted by atomic mass is 35.5. The van der Waals surface area contributed by atoms with Crippen molar-refractivity contribution in [1.29, 1.82) is 0 Å². The second kappa shape index (κ2) is 4.44. The third kappa shape index (κ3) is 2.20. The van der Waals surface area contributed by atoms with Gasteiger partial charge in [0.1, 0.15) is 0 Å². The third-order valence-corrected chi connectivity index (χ3v) is 3.22. The van der Waals surface area contributed by atoms with Gasteiger partial charge in [-0.1, -0.05) is 23.2 Å². The van der Waals surface area contributed by atoms with Crippen molar-refractivity contribution in [2.45, 2.75) is 6.42 Å². The zero-order chi connectivity index (χ0) is 11.7. The van der Waals surface area contributed by atoms with Gasteiger partial charge in [-0.25, -0.2) is 0 Å². The smallest absolute Gasteiger partial charge is 0.254 e. The molecule has 0 aliphatic carbocycles. The predicted molar refractivity (Wildman–Crippen MR) is 62.0 cm³/mol. The molecule has 1 aromatic carbocycles. The number of halogens is 2. The molecule has 0 atom stereocenters. The number of hydrogen-bond donors (Lipinski definition) is 0. The molecule has 0 spiro atoms. The zero-order valence-corrected chi connectivity index (χ0v) is 9.88. The molecule has 1 fully saturated rings. The first kappa shape index (κ1) is 11.4. The lowest BCUT2D eigenvalue weighted by atomic mass is 10.2. The molecule has 0 radical (unpaired) electrons. The van der Waals surface area contributed by atoms with Gasteiger partial charge in [-0.15, -0.1) is 0 Å². The zero-order valence-electron chi connectivity index (χ0n) is 8.37. The van der Waals surface area contributed by atoms with E-state index in [9.17, 15) is 9.59 Å². The summed E-state index contributed by atoms with van der Waals surface area (Å²) in [5.74, 6) is -0.0853. The summed E-state index contributed by atoms with van der Waals surface area (Å²) >= 11 is 11.6. The van der Waals surface area contributed by atoms with Crippen LogP contribution in [0, 0.1) is 0 Å². The minimum Gasteiger partial charge on any atom is -0.331 e. The molecule has 0 aromatic heterocycles. The monoisotopic (exact) mass is 257 g/mol. The van der Waals surface area contributed by atoms with Crippen molar-refractivity contribution >= 4 is 34.9 Å². The Morgan fingerprint density at radius 3 is 2.56 bits per heavy atom. The maximum atomic E-state index is 11.9. The minimum absolute atomic E-state index is 0.0911. The van der Waals surface area contributed by atoms with Crippen molar-refractivity contribution in [1.82, 2.24) is 4.90 Å². The lowest BCUT2D eigenvalue weighted by Crippen LogP contribution is -2.28. The van der Waals surface area contributed by atoms with Gasteiger partial charge in [-0.2, -0.15) is 0 Å². The van der Waals surface area contributed by atoms with Crippen LogP contribution >= 0.6 is 23.2 Å². The van der Waals surface area contributed by atoms with Gasteiger partial charge >= 0.3 is 0 Å². The number of rotatable bonds is 1. The largest absolute Gasteiger partial charge is 0.331 e. The number of carbonyl (C=O) groups is 2. The Labute approximate surface area is 103 Å². The first-order valence-corrected chi connectivity index (χ1v) is 5.59. The average molecular weight is 258 g/mol. The van der Waals surface area contributed by atoms with Gasteiger partial charge in [-0.3, -0.25) is 9.59 Å². The normalized spacial score (nSPS) is 15.6. The van der Waals surface area contributed by atoms with Gasteiger partial charge in [0.2, 0.25) is 0 Å². The maximum absolute atomic E-state index is 11.9. The average Bonchev–Trinajstić information content (AvgIpc) is 2.68. The van der Waals surface area contributed by atoms with Crippen LogP contribution in [0.5, 0.6) is 0 Å². The second-order valence-electron chi connectivity index (χ2n) is 3.64. The van der Waals surface area contributed by atoms with Crippen LogP contribution in [0.4, 0.5) is 0 Å². The van der Waals surface area contributed by atoms with Crippen LogP contribution in [-0.2, 0) is 4.79 Å². The van der Waals surface area contributed by atoms with Gasteiger partial charge in [-0.05, 0) is 18.2 Å². The van der Waals surface area contributed by atoms with E-state index in [0.717, 1.165) is 0 Å². The van der Waals surface area contributed by atoms with Crippen molar-refractivity contribution in [3.8, 4) is 0 Å². The Kier molecular flexibility index (Phi) is 3.17.